The molecule has 0 amide bonds. The Morgan fingerprint density at radius 1 is 0.708 bits per heavy atom. The Balaban J connectivity index is 5.56. The molecule has 2 atom stereocenters. The Hall–Kier alpha value is -2.52. The van der Waals surface area contributed by atoms with Gasteiger partial charge in [0.25, 0.3) is 0 Å². The van der Waals surface area contributed by atoms with E-state index in [4.69, 9.17) is 20.4 Å². The summed E-state index contributed by atoms with van der Waals surface area (Å²) in [5.74, 6) is -8.15. The fourth-order valence-corrected chi connectivity index (χ4v) is 2.02. The van der Waals surface area contributed by atoms with Crippen LogP contribution in [0.25, 0.3) is 0 Å². The van der Waals surface area contributed by atoms with Gasteiger partial charge in [-0.3, -0.25) is 19.2 Å². The fourth-order valence-electron chi connectivity index (χ4n) is 2.02. The van der Waals surface area contributed by atoms with Crippen molar-refractivity contribution in [2.75, 3.05) is 0 Å². The summed E-state index contributed by atoms with van der Waals surface area (Å²) in [6.45, 7) is 5.45. The lowest BCUT2D eigenvalue weighted by atomic mass is 9.84. The largest absolute Gasteiger partial charge is 0.481 e. The van der Waals surface area contributed by atoms with Crippen LogP contribution in [0.1, 0.15) is 40.5 Å². The third-order valence-corrected chi connectivity index (χ3v) is 3.62. The minimum Gasteiger partial charge on any atom is -0.481 e. The van der Waals surface area contributed by atoms with Crippen LogP contribution in [0.15, 0.2) is 10.2 Å². The molecular weight excluding hydrogens is 324 g/mol. The fraction of sp³-hybridized carbons (Fsp3) is 0.714. The summed E-state index contributed by atoms with van der Waals surface area (Å²) in [4.78, 5) is 44.1. The van der Waals surface area contributed by atoms with Crippen molar-refractivity contribution < 1.29 is 39.6 Å². The van der Waals surface area contributed by atoms with E-state index in [9.17, 15) is 19.2 Å². The summed E-state index contributed by atoms with van der Waals surface area (Å²) in [5.41, 5.74) is -2.85. The van der Waals surface area contributed by atoms with Crippen LogP contribution in [-0.2, 0) is 19.2 Å². The summed E-state index contributed by atoms with van der Waals surface area (Å²) in [6, 6.07) is 0. The number of carboxylic acid groups (broad SMARTS) is 4. The molecule has 0 aliphatic carbocycles. The Morgan fingerprint density at radius 3 is 1.12 bits per heavy atom. The summed E-state index contributed by atoms with van der Waals surface area (Å²) < 4.78 is 0. The standard InChI is InChI=1S/C14H22N2O8/c1-13(2,7(11(21)22)5-9(17)18)15-16-14(3,4)8(12(23)24)6-10(19)20/h7-8H,5-6H2,1-4H3,(H,17,18)(H,19,20)(H,21,22)(H,23,24). The van der Waals surface area contributed by atoms with E-state index in [-0.39, 0.29) is 0 Å². The summed E-state index contributed by atoms with van der Waals surface area (Å²) in [6.07, 6.45) is -1.36. The highest BCUT2D eigenvalue weighted by Crippen LogP contribution is 2.30. The predicted molar refractivity (Wildman–Crippen MR) is 79.8 cm³/mol. The van der Waals surface area contributed by atoms with Crippen LogP contribution in [0.3, 0.4) is 0 Å². The third-order valence-electron chi connectivity index (χ3n) is 3.62. The van der Waals surface area contributed by atoms with Crippen LogP contribution >= 0.6 is 0 Å². The van der Waals surface area contributed by atoms with Crippen molar-refractivity contribution in [2.45, 2.75) is 51.6 Å². The molecule has 0 aromatic heterocycles. The lowest BCUT2D eigenvalue weighted by Crippen LogP contribution is -2.40. The lowest BCUT2D eigenvalue weighted by molar-refractivity contribution is -0.151. The number of carboxylic acids is 4. The average Bonchev–Trinajstić information content (AvgIpc) is 2.39. The Morgan fingerprint density at radius 2 is 0.958 bits per heavy atom. The molecule has 0 saturated carbocycles. The van der Waals surface area contributed by atoms with E-state index < -0.39 is 59.6 Å². The van der Waals surface area contributed by atoms with Gasteiger partial charge in [0.2, 0.25) is 0 Å². The van der Waals surface area contributed by atoms with E-state index >= 15 is 0 Å². The van der Waals surface area contributed by atoms with Gasteiger partial charge in [-0.25, -0.2) is 0 Å². The van der Waals surface area contributed by atoms with Crippen LogP contribution in [0.2, 0.25) is 0 Å². The van der Waals surface area contributed by atoms with Crippen molar-refractivity contribution in [1.29, 1.82) is 0 Å². The second-order valence-electron chi connectivity index (χ2n) is 6.48. The number of azo groups is 1. The maximum absolute atomic E-state index is 11.3. The topological polar surface area (TPSA) is 174 Å². The van der Waals surface area contributed by atoms with Crippen LogP contribution < -0.4 is 0 Å². The quantitative estimate of drug-likeness (QED) is 0.429. The molecule has 0 aliphatic rings. The lowest BCUT2D eigenvalue weighted by Gasteiger charge is -2.29. The van der Waals surface area contributed by atoms with E-state index in [2.05, 4.69) is 10.2 Å². The second-order valence-corrected chi connectivity index (χ2v) is 6.48. The summed E-state index contributed by atoms with van der Waals surface area (Å²) in [5, 5.41) is 43.6. The minimum absolute atomic E-state index is 0.681. The molecule has 4 N–H and O–H groups in total. The van der Waals surface area contributed by atoms with Crippen LogP contribution in [0, 0.1) is 11.8 Å². The van der Waals surface area contributed by atoms with Crippen molar-refractivity contribution in [3.63, 3.8) is 0 Å². The number of hydrogen-bond donors (Lipinski definition) is 4. The average molecular weight is 346 g/mol. The molecule has 0 spiro atoms. The van der Waals surface area contributed by atoms with E-state index in [1.807, 2.05) is 0 Å². The van der Waals surface area contributed by atoms with Crippen molar-refractivity contribution in [3.05, 3.63) is 0 Å². The number of nitrogens with zero attached hydrogens (tertiary/aromatic N) is 2. The molecule has 0 aliphatic heterocycles. The molecule has 24 heavy (non-hydrogen) atoms. The van der Waals surface area contributed by atoms with Gasteiger partial charge in [-0.05, 0) is 27.7 Å². The molecule has 0 aromatic carbocycles. The van der Waals surface area contributed by atoms with E-state index in [0.717, 1.165) is 0 Å². The second kappa shape index (κ2) is 7.84. The number of rotatable bonds is 10. The van der Waals surface area contributed by atoms with Gasteiger partial charge in [-0.2, -0.15) is 10.2 Å². The number of carbonyl (C=O) groups is 4. The summed E-state index contributed by atoms with van der Waals surface area (Å²) in [7, 11) is 0. The third kappa shape index (κ3) is 6.31. The van der Waals surface area contributed by atoms with Crippen molar-refractivity contribution in [1.82, 2.24) is 0 Å². The molecule has 0 saturated heterocycles. The van der Waals surface area contributed by atoms with Gasteiger partial charge in [-0.1, -0.05) is 0 Å². The van der Waals surface area contributed by atoms with E-state index in [1.165, 1.54) is 27.7 Å². The number of hydrogen-bond acceptors (Lipinski definition) is 6. The Bertz CT molecular complexity index is 505. The molecular formula is C14H22N2O8. The van der Waals surface area contributed by atoms with Crippen LogP contribution in [0.5, 0.6) is 0 Å². The minimum atomic E-state index is -1.42. The van der Waals surface area contributed by atoms with Gasteiger partial charge in [0.1, 0.15) is 0 Å². The molecule has 0 radical (unpaired) electrons. The highest BCUT2D eigenvalue weighted by Gasteiger charge is 2.41. The van der Waals surface area contributed by atoms with Gasteiger partial charge in [-0.15, -0.1) is 0 Å². The Labute approximate surface area is 138 Å². The van der Waals surface area contributed by atoms with Gasteiger partial charge in [0.05, 0.1) is 35.8 Å². The molecule has 0 fully saturated rings. The SMILES string of the molecule is CC(C)(N=NC(C)(C)C(CC(=O)O)C(=O)O)C(CC(=O)O)C(=O)O. The molecule has 136 valence electrons. The van der Waals surface area contributed by atoms with Gasteiger partial charge < -0.3 is 20.4 Å². The van der Waals surface area contributed by atoms with Crippen molar-refractivity contribution in [2.24, 2.45) is 22.1 Å². The Kier molecular flexibility index (Phi) is 7.02. The highest BCUT2D eigenvalue weighted by atomic mass is 16.4. The van der Waals surface area contributed by atoms with Crippen LogP contribution in [-0.4, -0.2) is 55.4 Å². The van der Waals surface area contributed by atoms with E-state index in [1.54, 1.807) is 0 Å². The first-order chi connectivity index (χ1) is 10.7. The first-order valence-corrected chi connectivity index (χ1v) is 7.04. The van der Waals surface area contributed by atoms with Gasteiger partial charge in [0.15, 0.2) is 0 Å². The molecule has 10 nitrogen and oxygen atoms in total. The maximum Gasteiger partial charge on any atom is 0.309 e. The zero-order chi connectivity index (χ0) is 19.3. The van der Waals surface area contributed by atoms with Gasteiger partial charge >= 0.3 is 23.9 Å². The van der Waals surface area contributed by atoms with E-state index in [0.29, 0.717) is 0 Å². The van der Waals surface area contributed by atoms with Gasteiger partial charge in [0, 0.05) is 0 Å². The number of aliphatic carboxylic acids is 4. The molecule has 0 heterocycles. The summed E-state index contributed by atoms with van der Waals surface area (Å²) >= 11 is 0. The molecule has 2 unspecified atom stereocenters. The smallest absolute Gasteiger partial charge is 0.309 e. The normalized spacial score (nSPS) is 15.0. The maximum atomic E-state index is 11.3. The zero-order valence-electron chi connectivity index (χ0n) is 13.9. The van der Waals surface area contributed by atoms with Crippen molar-refractivity contribution >= 4 is 23.9 Å². The molecule has 0 aromatic rings. The molecule has 0 bridgehead atoms. The first-order valence-electron chi connectivity index (χ1n) is 7.04. The van der Waals surface area contributed by atoms with Crippen LogP contribution in [0.4, 0.5) is 0 Å². The van der Waals surface area contributed by atoms with Crippen molar-refractivity contribution in [3.8, 4) is 0 Å². The predicted octanol–water partition coefficient (Wildman–Crippen LogP) is 1.35. The molecule has 0 rings (SSSR count). The molecule has 10 heteroatoms. The highest BCUT2D eigenvalue weighted by molar-refractivity contribution is 5.79. The monoisotopic (exact) mass is 346 g/mol. The zero-order valence-corrected chi connectivity index (χ0v) is 13.9. The first kappa shape index (κ1) is 21.5.